The first-order valence-electron chi connectivity index (χ1n) is 4.97. The fraction of sp³-hybridized carbons (Fsp3) is 0.400. The number of halogens is 2. The first kappa shape index (κ1) is 15.4. The van der Waals surface area contributed by atoms with Gasteiger partial charge >= 0.3 is 0 Å². The molecule has 1 unspecified atom stereocenters. The summed E-state index contributed by atoms with van der Waals surface area (Å²) in [6, 6.07) is 2.17. The van der Waals surface area contributed by atoms with Gasteiger partial charge in [-0.2, -0.15) is 0 Å². The average molecular weight is 342 g/mol. The van der Waals surface area contributed by atoms with Crippen molar-refractivity contribution in [2.45, 2.75) is 11.0 Å². The van der Waals surface area contributed by atoms with Crippen molar-refractivity contribution in [2.24, 2.45) is 0 Å². The molecule has 8 heteroatoms. The molecule has 0 saturated heterocycles. The highest BCUT2D eigenvalue weighted by Gasteiger charge is 2.16. The average Bonchev–Trinajstić information content (AvgIpc) is 2.27. The Morgan fingerprint density at radius 3 is 2.61 bits per heavy atom. The van der Waals surface area contributed by atoms with Crippen LogP contribution < -0.4 is 5.32 Å². The van der Waals surface area contributed by atoms with E-state index in [9.17, 15) is 12.8 Å². The molecule has 18 heavy (non-hydrogen) atoms. The molecule has 0 aromatic heterocycles. The number of nitrogens with one attached hydrogen (secondary N) is 1. The summed E-state index contributed by atoms with van der Waals surface area (Å²) >= 11 is 3.04. The summed E-state index contributed by atoms with van der Waals surface area (Å²) < 4.78 is 36.5. The summed E-state index contributed by atoms with van der Waals surface area (Å²) in [6.45, 7) is -0.491. The fourth-order valence-corrected chi connectivity index (χ4v) is 3.20. The van der Waals surface area contributed by atoms with Crippen molar-refractivity contribution < 1.29 is 23.0 Å². The van der Waals surface area contributed by atoms with Gasteiger partial charge < -0.3 is 15.5 Å². The van der Waals surface area contributed by atoms with E-state index < -0.39 is 28.4 Å². The van der Waals surface area contributed by atoms with Gasteiger partial charge in [0.05, 0.1) is 23.3 Å². The van der Waals surface area contributed by atoms with E-state index in [-0.39, 0.29) is 21.6 Å². The van der Waals surface area contributed by atoms with Crippen LogP contribution in [0.25, 0.3) is 0 Å². The highest BCUT2D eigenvalue weighted by molar-refractivity contribution is 9.10. The molecule has 0 amide bonds. The zero-order valence-electron chi connectivity index (χ0n) is 9.52. The Morgan fingerprint density at radius 1 is 1.50 bits per heavy atom. The second kappa shape index (κ2) is 5.96. The topological polar surface area (TPSA) is 86.6 Å². The van der Waals surface area contributed by atoms with Gasteiger partial charge in [0.2, 0.25) is 0 Å². The van der Waals surface area contributed by atoms with Gasteiger partial charge in [-0.25, -0.2) is 12.8 Å². The summed E-state index contributed by atoms with van der Waals surface area (Å²) in [5.41, 5.74) is 0.0433. The van der Waals surface area contributed by atoms with E-state index in [1.807, 2.05) is 0 Å². The molecule has 3 N–H and O–H groups in total. The van der Waals surface area contributed by atoms with E-state index in [2.05, 4.69) is 21.2 Å². The van der Waals surface area contributed by atoms with Crippen LogP contribution in [0.3, 0.4) is 0 Å². The Kier molecular flexibility index (Phi) is 5.09. The van der Waals surface area contributed by atoms with Crippen molar-refractivity contribution in [3.63, 3.8) is 0 Å². The van der Waals surface area contributed by atoms with Crippen LogP contribution in [-0.2, 0) is 9.84 Å². The minimum Gasteiger partial charge on any atom is -0.394 e. The summed E-state index contributed by atoms with van der Waals surface area (Å²) in [7, 11) is -3.51. The number of hydrogen-bond donors (Lipinski definition) is 3. The first-order chi connectivity index (χ1) is 8.25. The van der Waals surface area contributed by atoms with Crippen LogP contribution in [0.4, 0.5) is 10.1 Å². The highest BCUT2D eigenvalue weighted by atomic mass is 79.9. The van der Waals surface area contributed by atoms with Crippen molar-refractivity contribution in [3.05, 3.63) is 22.4 Å². The Labute approximate surface area is 113 Å². The molecule has 0 aliphatic rings. The van der Waals surface area contributed by atoms with Crippen molar-refractivity contribution >= 4 is 31.5 Å². The molecule has 1 rings (SSSR count). The Balaban J connectivity index is 3.01. The van der Waals surface area contributed by atoms with Crippen LogP contribution in [0, 0.1) is 5.82 Å². The van der Waals surface area contributed by atoms with E-state index in [0.29, 0.717) is 0 Å². The lowest BCUT2D eigenvalue weighted by Crippen LogP contribution is -2.23. The quantitative estimate of drug-likeness (QED) is 0.735. The van der Waals surface area contributed by atoms with Gasteiger partial charge in [0, 0.05) is 17.3 Å². The largest absolute Gasteiger partial charge is 0.394 e. The van der Waals surface area contributed by atoms with Crippen LogP contribution in [0.5, 0.6) is 0 Å². The predicted octanol–water partition coefficient (Wildman–Crippen LogP) is 0.757. The van der Waals surface area contributed by atoms with Gasteiger partial charge in [0.1, 0.15) is 5.82 Å². The Morgan fingerprint density at radius 2 is 2.11 bits per heavy atom. The molecular weight excluding hydrogens is 329 g/mol. The van der Waals surface area contributed by atoms with Gasteiger partial charge in [-0.15, -0.1) is 0 Å². The van der Waals surface area contributed by atoms with Gasteiger partial charge in [-0.3, -0.25) is 0 Å². The summed E-state index contributed by atoms with van der Waals surface area (Å²) in [4.78, 5) is -0.145. The minimum absolute atomic E-state index is 0.0433. The van der Waals surface area contributed by atoms with Crippen LogP contribution in [0.2, 0.25) is 0 Å². The van der Waals surface area contributed by atoms with Gasteiger partial charge in [-0.05, 0) is 28.1 Å². The standard InChI is InChI=1S/C10H13BrFNO4S/c1-18(16,17)10-3-8(12)9(2-7(10)11)13-4-6(15)5-14/h2-3,6,13-15H,4-5H2,1H3. The lowest BCUT2D eigenvalue weighted by atomic mass is 10.3. The lowest BCUT2D eigenvalue weighted by molar-refractivity contribution is 0.105. The number of aliphatic hydroxyl groups is 2. The highest BCUT2D eigenvalue weighted by Crippen LogP contribution is 2.28. The number of anilines is 1. The number of rotatable bonds is 5. The van der Waals surface area contributed by atoms with Crippen LogP contribution in [0.1, 0.15) is 0 Å². The maximum atomic E-state index is 13.6. The summed E-state index contributed by atoms with van der Waals surface area (Å²) in [6.07, 6.45) is -0.0347. The third-order valence-corrected chi connectivity index (χ3v) is 4.22. The third kappa shape index (κ3) is 3.91. The molecule has 5 nitrogen and oxygen atoms in total. The zero-order valence-corrected chi connectivity index (χ0v) is 11.9. The van der Waals surface area contributed by atoms with Crippen molar-refractivity contribution in [2.75, 3.05) is 24.7 Å². The molecule has 0 aliphatic carbocycles. The van der Waals surface area contributed by atoms with Crippen molar-refractivity contribution in [3.8, 4) is 0 Å². The number of sulfone groups is 1. The molecular formula is C10H13BrFNO4S. The maximum Gasteiger partial charge on any atom is 0.176 e. The van der Waals surface area contributed by atoms with E-state index in [4.69, 9.17) is 10.2 Å². The number of aliphatic hydroxyl groups excluding tert-OH is 2. The van der Waals surface area contributed by atoms with E-state index in [0.717, 1.165) is 12.3 Å². The number of hydrogen-bond acceptors (Lipinski definition) is 5. The van der Waals surface area contributed by atoms with Gasteiger partial charge in [-0.1, -0.05) is 0 Å². The molecule has 0 heterocycles. The fourth-order valence-electron chi connectivity index (χ4n) is 1.24. The molecule has 0 spiro atoms. The Bertz CT molecular complexity index is 535. The maximum absolute atomic E-state index is 13.6. The van der Waals surface area contributed by atoms with E-state index in [1.54, 1.807) is 0 Å². The molecule has 0 fully saturated rings. The van der Waals surface area contributed by atoms with Crippen molar-refractivity contribution in [1.29, 1.82) is 0 Å². The smallest absolute Gasteiger partial charge is 0.176 e. The molecule has 1 aromatic carbocycles. The van der Waals surface area contributed by atoms with Gasteiger partial charge in [0.15, 0.2) is 9.84 Å². The normalized spacial score (nSPS) is 13.4. The third-order valence-electron chi connectivity index (χ3n) is 2.16. The monoisotopic (exact) mass is 341 g/mol. The van der Waals surface area contributed by atoms with Crippen LogP contribution >= 0.6 is 15.9 Å². The molecule has 1 atom stereocenters. The van der Waals surface area contributed by atoms with E-state index in [1.165, 1.54) is 6.07 Å². The predicted molar refractivity (Wildman–Crippen MR) is 68.8 cm³/mol. The second-order valence-corrected chi connectivity index (χ2v) is 6.59. The molecule has 102 valence electrons. The lowest BCUT2D eigenvalue weighted by Gasteiger charge is -2.12. The van der Waals surface area contributed by atoms with E-state index >= 15 is 0 Å². The molecule has 0 bridgehead atoms. The molecule has 1 aromatic rings. The molecule has 0 radical (unpaired) electrons. The second-order valence-electron chi connectivity index (χ2n) is 3.75. The van der Waals surface area contributed by atoms with Crippen LogP contribution in [-0.4, -0.2) is 44.1 Å². The van der Waals surface area contributed by atoms with Crippen molar-refractivity contribution in [1.82, 2.24) is 0 Å². The first-order valence-corrected chi connectivity index (χ1v) is 7.66. The Hall–Kier alpha value is -0.700. The minimum atomic E-state index is -3.51. The summed E-state index contributed by atoms with van der Waals surface area (Å²) in [5.74, 6) is -0.747. The summed E-state index contributed by atoms with van der Waals surface area (Å²) in [5, 5.41) is 20.3. The molecule has 0 saturated carbocycles. The molecule has 0 aliphatic heterocycles. The number of benzene rings is 1. The SMILES string of the molecule is CS(=O)(=O)c1cc(F)c(NCC(O)CO)cc1Br. The zero-order chi connectivity index (χ0) is 13.9. The van der Waals surface area contributed by atoms with Crippen LogP contribution in [0.15, 0.2) is 21.5 Å². The van der Waals surface area contributed by atoms with Gasteiger partial charge in [0.25, 0.3) is 0 Å².